The van der Waals surface area contributed by atoms with E-state index < -0.39 is 0 Å². The van der Waals surface area contributed by atoms with Gasteiger partial charge in [0.25, 0.3) is 0 Å². The Morgan fingerprint density at radius 2 is 2.00 bits per heavy atom. The van der Waals surface area contributed by atoms with Crippen LogP contribution in [-0.4, -0.2) is 33.9 Å². The SMILES string of the molecule is CCNC(=NCCc1cccc(O)c1)NC(C)c1cccc(-n2cccn2)c1.I. The van der Waals surface area contributed by atoms with E-state index in [1.807, 2.05) is 41.2 Å². The summed E-state index contributed by atoms with van der Waals surface area (Å²) in [7, 11) is 0. The maximum absolute atomic E-state index is 9.58. The van der Waals surface area contributed by atoms with E-state index in [9.17, 15) is 5.11 Å². The van der Waals surface area contributed by atoms with Gasteiger partial charge in [0.05, 0.1) is 11.7 Å². The first-order chi connectivity index (χ1) is 13.7. The molecule has 0 aliphatic rings. The van der Waals surface area contributed by atoms with Crippen LogP contribution in [0.1, 0.15) is 31.0 Å². The van der Waals surface area contributed by atoms with Gasteiger partial charge >= 0.3 is 0 Å². The van der Waals surface area contributed by atoms with E-state index in [1.165, 1.54) is 0 Å². The molecule has 154 valence electrons. The molecule has 29 heavy (non-hydrogen) atoms. The van der Waals surface area contributed by atoms with E-state index in [0.29, 0.717) is 6.54 Å². The lowest BCUT2D eigenvalue weighted by Crippen LogP contribution is -2.38. The highest BCUT2D eigenvalue weighted by Gasteiger charge is 2.09. The number of guanidine groups is 1. The molecule has 3 rings (SSSR count). The predicted octanol–water partition coefficient (Wildman–Crippen LogP) is 4.05. The summed E-state index contributed by atoms with van der Waals surface area (Å²) >= 11 is 0. The van der Waals surface area contributed by atoms with Crippen LogP contribution in [0.25, 0.3) is 5.69 Å². The molecule has 0 aliphatic carbocycles. The first-order valence-corrected chi connectivity index (χ1v) is 9.58. The summed E-state index contributed by atoms with van der Waals surface area (Å²) in [6.07, 6.45) is 4.48. The maximum Gasteiger partial charge on any atom is 0.191 e. The van der Waals surface area contributed by atoms with Crippen molar-refractivity contribution >= 4 is 29.9 Å². The van der Waals surface area contributed by atoms with Crippen LogP contribution in [0.3, 0.4) is 0 Å². The second-order valence-corrected chi connectivity index (χ2v) is 6.59. The van der Waals surface area contributed by atoms with Crippen molar-refractivity contribution in [1.29, 1.82) is 0 Å². The number of hydrogen-bond acceptors (Lipinski definition) is 3. The van der Waals surface area contributed by atoms with Gasteiger partial charge in [0.1, 0.15) is 5.75 Å². The summed E-state index contributed by atoms with van der Waals surface area (Å²) in [5.74, 6) is 1.07. The number of halogens is 1. The first-order valence-electron chi connectivity index (χ1n) is 9.58. The standard InChI is InChI=1S/C22H27N5O.HI/c1-3-23-22(24-13-11-18-7-4-10-21(28)15-18)26-17(2)19-8-5-9-20(16-19)27-14-6-12-25-27;/h4-10,12,14-17,28H,3,11,13H2,1-2H3,(H2,23,24,26);1H. The van der Waals surface area contributed by atoms with E-state index in [-0.39, 0.29) is 35.8 Å². The Morgan fingerprint density at radius 3 is 2.72 bits per heavy atom. The van der Waals surface area contributed by atoms with Gasteiger partial charge in [-0.3, -0.25) is 4.99 Å². The molecule has 0 saturated carbocycles. The van der Waals surface area contributed by atoms with Crippen molar-refractivity contribution in [3.63, 3.8) is 0 Å². The smallest absolute Gasteiger partial charge is 0.191 e. The zero-order valence-electron chi connectivity index (χ0n) is 16.7. The fourth-order valence-electron chi connectivity index (χ4n) is 2.98. The van der Waals surface area contributed by atoms with Crippen LogP contribution in [0.5, 0.6) is 5.75 Å². The molecule has 0 radical (unpaired) electrons. The molecule has 1 aromatic heterocycles. The van der Waals surface area contributed by atoms with Crippen LogP contribution < -0.4 is 10.6 Å². The minimum absolute atomic E-state index is 0. The Morgan fingerprint density at radius 1 is 1.17 bits per heavy atom. The van der Waals surface area contributed by atoms with Crippen molar-refractivity contribution in [3.8, 4) is 11.4 Å². The summed E-state index contributed by atoms with van der Waals surface area (Å²) < 4.78 is 1.85. The molecule has 3 N–H and O–H groups in total. The van der Waals surface area contributed by atoms with Crippen LogP contribution in [0, 0.1) is 0 Å². The third-order valence-corrected chi connectivity index (χ3v) is 4.42. The van der Waals surface area contributed by atoms with Gasteiger partial charge in [0, 0.05) is 25.5 Å². The summed E-state index contributed by atoms with van der Waals surface area (Å²) in [5.41, 5.74) is 3.26. The van der Waals surface area contributed by atoms with Gasteiger partial charge in [-0.05, 0) is 61.7 Å². The third kappa shape index (κ3) is 6.77. The van der Waals surface area contributed by atoms with Gasteiger partial charge in [-0.1, -0.05) is 24.3 Å². The average molecular weight is 505 g/mol. The fraction of sp³-hybridized carbons (Fsp3) is 0.273. The van der Waals surface area contributed by atoms with Crippen LogP contribution in [0.15, 0.2) is 72.0 Å². The number of phenols is 1. The average Bonchev–Trinajstić information content (AvgIpc) is 3.23. The van der Waals surface area contributed by atoms with Crippen LogP contribution >= 0.6 is 24.0 Å². The quantitative estimate of drug-likeness (QED) is 0.257. The van der Waals surface area contributed by atoms with Gasteiger partial charge in [-0.15, -0.1) is 24.0 Å². The van der Waals surface area contributed by atoms with Crippen molar-refractivity contribution in [2.24, 2.45) is 4.99 Å². The normalized spacial score (nSPS) is 12.1. The molecule has 6 nitrogen and oxygen atoms in total. The summed E-state index contributed by atoms with van der Waals surface area (Å²) in [6.45, 7) is 5.59. The highest BCUT2D eigenvalue weighted by atomic mass is 127. The van der Waals surface area contributed by atoms with Gasteiger partial charge in [0.2, 0.25) is 0 Å². The molecule has 0 fully saturated rings. The molecule has 0 amide bonds. The van der Waals surface area contributed by atoms with Crippen LogP contribution in [0.4, 0.5) is 0 Å². The Labute approximate surface area is 189 Å². The Hall–Kier alpha value is -2.55. The lowest BCUT2D eigenvalue weighted by Gasteiger charge is -2.19. The zero-order valence-corrected chi connectivity index (χ0v) is 19.1. The molecule has 1 unspecified atom stereocenters. The highest BCUT2D eigenvalue weighted by Crippen LogP contribution is 2.16. The largest absolute Gasteiger partial charge is 0.508 e. The highest BCUT2D eigenvalue weighted by molar-refractivity contribution is 14.0. The number of aromatic hydroxyl groups is 1. The molecule has 0 spiro atoms. The monoisotopic (exact) mass is 505 g/mol. The van der Waals surface area contributed by atoms with E-state index in [0.717, 1.165) is 35.7 Å². The van der Waals surface area contributed by atoms with E-state index in [2.05, 4.69) is 46.7 Å². The minimum atomic E-state index is 0. The van der Waals surface area contributed by atoms with Crippen molar-refractivity contribution in [2.45, 2.75) is 26.3 Å². The second-order valence-electron chi connectivity index (χ2n) is 6.59. The maximum atomic E-state index is 9.58. The number of nitrogens with zero attached hydrogens (tertiary/aromatic N) is 3. The second kappa shape index (κ2) is 11.5. The first kappa shape index (κ1) is 22.7. The van der Waals surface area contributed by atoms with Gasteiger partial charge in [0.15, 0.2) is 5.96 Å². The molecule has 1 atom stereocenters. The number of phenolic OH excluding ortho intramolecular Hbond substituents is 1. The topological polar surface area (TPSA) is 74.5 Å². The lowest BCUT2D eigenvalue weighted by atomic mass is 10.1. The molecule has 2 aromatic carbocycles. The van der Waals surface area contributed by atoms with E-state index in [1.54, 1.807) is 18.3 Å². The van der Waals surface area contributed by atoms with Crippen molar-refractivity contribution in [1.82, 2.24) is 20.4 Å². The zero-order chi connectivity index (χ0) is 19.8. The van der Waals surface area contributed by atoms with E-state index >= 15 is 0 Å². The molecule has 0 aliphatic heterocycles. The van der Waals surface area contributed by atoms with Crippen molar-refractivity contribution in [3.05, 3.63) is 78.1 Å². The summed E-state index contributed by atoms with van der Waals surface area (Å²) in [4.78, 5) is 4.67. The Balaban J connectivity index is 0.00000300. The number of aliphatic imine (C=N–C) groups is 1. The number of aromatic nitrogens is 2. The molecule has 0 bridgehead atoms. The summed E-state index contributed by atoms with van der Waals surface area (Å²) in [6, 6.07) is 17.6. The van der Waals surface area contributed by atoms with Gasteiger partial charge < -0.3 is 15.7 Å². The molecule has 7 heteroatoms. The van der Waals surface area contributed by atoms with Gasteiger partial charge in [-0.2, -0.15) is 5.10 Å². The number of rotatable bonds is 7. The van der Waals surface area contributed by atoms with Crippen molar-refractivity contribution < 1.29 is 5.11 Å². The Bertz CT molecular complexity index is 911. The lowest BCUT2D eigenvalue weighted by molar-refractivity contribution is 0.474. The number of hydrogen-bond donors (Lipinski definition) is 3. The van der Waals surface area contributed by atoms with Crippen LogP contribution in [-0.2, 0) is 6.42 Å². The molecule has 1 heterocycles. The predicted molar refractivity (Wildman–Crippen MR) is 128 cm³/mol. The Kier molecular flexibility index (Phi) is 8.98. The van der Waals surface area contributed by atoms with Gasteiger partial charge in [-0.25, -0.2) is 4.68 Å². The molecular weight excluding hydrogens is 477 g/mol. The molecule has 0 saturated heterocycles. The molecular formula is C22H28IN5O. The molecule has 3 aromatic rings. The van der Waals surface area contributed by atoms with Crippen molar-refractivity contribution in [2.75, 3.05) is 13.1 Å². The van der Waals surface area contributed by atoms with E-state index in [4.69, 9.17) is 0 Å². The summed E-state index contributed by atoms with van der Waals surface area (Å²) in [5, 5.41) is 20.6. The fourth-order valence-corrected chi connectivity index (χ4v) is 2.98. The number of nitrogens with one attached hydrogen (secondary N) is 2. The number of benzene rings is 2. The third-order valence-electron chi connectivity index (χ3n) is 4.42. The minimum Gasteiger partial charge on any atom is -0.508 e. The van der Waals surface area contributed by atoms with Crippen LogP contribution in [0.2, 0.25) is 0 Å².